The Balaban J connectivity index is 2.08. The SMILES string of the molecule is CC(C)C1CN(C(=O)c2ccc(C(=O)O)nc2)CCS1. The topological polar surface area (TPSA) is 70.5 Å². The van der Waals surface area contributed by atoms with Crippen molar-refractivity contribution in [2.75, 3.05) is 18.8 Å². The molecule has 1 aliphatic heterocycles. The third kappa shape index (κ3) is 3.30. The zero-order valence-corrected chi connectivity index (χ0v) is 12.4. The van der Waals surface area contributed by atoms with Crippen LogP contribution < -0.4 is 0 Å². The number of amides is 1. The third-order valence-electron chi connectivity index (χ3n) is 3.35. The van der Waals surface area contributed by atoms with Crippen molar-refractivity contribution in [3.05, 3.63) is 29.6 Å². The fraction of sp³-hybridized carbons (Fsp3) is 0.500. The van der Waals surface area contributed by atoms with E-state index in [4.69, 9.17) is 5.11 Å². The van der Waals surface area contributed by atoms with Crippen molar-refractivity contribution >= 4 is 23.6 Å². The van der Waals surface area contributed by atoms with Crippen LogP contribution in [0.5, 0.6) is 0 Å². The molecule has 6 heteroatoms. The number of carbonyl (C=O) groups excluding carboxylic acids is 1. The molecule has 108 valence electrons. The summed E-state index contributed by atoms with van der Waals surface area (Å²) in [6.07, 6.45) is 1.35. The highest BCUT2D eigenvalue weighted by Gasteiger charge is 2.26. The van der Waals surface area contributed by atoms with E-state index >= 15 is 0 Å². The van der Waals surface area contributed by atoms with Gasteiger partial charge in [0.2, 0.25) is 0 Å². The van der Waals surface area contributed by atoms with E-state index in [1.54, 1.807) is 0 Å². The van der Waals surface area contributed by atoms with Crippen LogP contribution in [0.25, 0.3) is 0 Å². The van der Waals surface area contributed by atoms with Crippen LogP contribution >= 0.6 is 11.8 Å². The minimum Gasteiger partial charge on any atom is -0.477 e. The number of carbonyl (C=O) groups is 2. The van der Waals surface area contributed by atoms with Crippen LogP contribution in [0.3, 0.4) is 0 Å². The molecule has 1 aromatic rings. The summed E-state index contributed by atoms with van der Waals surface area (Å²) in [7, 11) is 0. The van der Waals surface area contributed by atoms with Gasteiger partial charge in [0.25, 0.3) is 5.91 Å². The Morgan fingerprint density at radius 2 is 2.20 bits per heavy atom. The molecular formula is C14H18N2O3S. The van der Waals surface area contributed by atoms with E-state index in [1.165, 1.54) is 18.3 Å². The molecule has 0 radical (unpaired) electrons. The summed E-state index contributed by atoms with van der Waals surface area (Å²) in [6, 6.07) is 2.90. The lowest BCUT2D eigenvalue weighted by atomic mass is 10.1. The molecule has 1 aliphatic rings. The Hall–Kier alpha value is -1.56. The van der Waals surface area contributed by atoms with E-state index < -0.39 is 5.97 Å². The van der Waals surface area contributed by atoms with Gasteiger partial charge in [-0.25, -0.2) is 9.78 Å². The molecular weight excluding hydrogens is 276 g/mol. The van der Waals surface area contributed by atoms with Crippen molar-refractivity contribution in [1.82, 2.24) is 9.88 Å². The van der Waals surface area contributed by atoms with E-state index in [0.29, 0.717) is 16.7 Å². The van der Waals surface area contributed by atoms with Crippen LogP contribution in [-0.4, -0.2) is 51.0 Å². The zero-order chi connectivity index (χ0) is 14.7. The minimum absolute atomic E-state index is 0.0455. The van der Waals surface area contributed by atoms with E-state index in [9.17, 15) is 9.59 Å². The fourth-order valence-corrected chi connectivity index (χ4v) is 3.39. The molecule has 2 rings (SSSR count). The van der Waals surface area contributed by atoms with Crippen molar-refractivity contribution in [2.24, 2.45) is 5.92 Å². The van der Waals surface area contributed by atoms with Gasteiger partial charge in [-0.3, -0.25) is 4.79 Å². The number of rotatable bonds is 3. The van der Waals surface area contributed by atoms with Crippen LogP contribution in [0.4, 0.5) is 0 Å². The second kappa shape index (κ2) is 6.26. The first-order valence-electron chi connectivity index (χ1n) is 6.59. The van der Waals surface area contributed by atoms with Gasteiger partial charge in [0.05, 0.1) is 5.56 Å². The van der Waals surface area contributed by atoms with Crippen LogP contribution in [-0.2, 0) is 0 Å². The maximum absolute atomic E-state index is 12.4. The molecule has 1 fully saturated rings. The van der Waals surface area contributed by atoms with Gasteiger partial charge in [0.1, 0.15) is 5.69 Å². The van der Waals surface area contributed by atoms with Gasteiger partial charge >= 0.3 is 5.97 Å². The molecule has 1 unspecified atom stereocenters. The number of pyridine rings is 1. The molecule has 1 atom stereocenters. The molecule has 0 aliphatic carbocycles. The number of hydrogen-bond acceptors (Lipinski definition) is 4. The van der Waals surface area contributed by atoms with Gasteiger partial charge < -0.3 is 10.0 Å². The standard InChI is InChI=1S/C14H18N2O3S/c1-9(2)12-8-16(5-6-20-12)13(17)10-3-4-11(14(18)19)15-7-10/h3-4,7,9,12H,5-6,8H2,1-2H3,(H,18,19). The molecule has 1 amide bonds. The molecule has 0 bridgehead atoms. The summed E-state index contributed by atoms with van der Waals surface area (Å²) in [5, 5.41) is 9.26. The average molecular weight is 294 g/mol. The summed E-state index contributed by atoms with van der Waals surface area (Å²) >= 11 is 1.91. The monoisotopic (exact) mass is 294 g/mol. The predicted molar refractivity (Wildman–Crippen MR) is 78.2 cm³/mol. The highest BCUT2D eigenvalue weighted by atomic mass is 32.2. The number of aromatic nitrogens is 1. The quantitative estimate of drug-likeness (QED) is 0.923. The maximum atomic E-state index is 12.4. The lowest BCUT2D eigenvalue weighted by molar-refractivity contribution is 0.0687. The van der Waals surface area contributed by atoms with Crippen LogP contribution in [0.2, 0.25) is 0 Å². The highest BCUT2D eigenvalue weighted by Crippen LogP contribution is 2.25. The van der Waals surface area contributed by atoms with Gasteiger partial charge in [0, 0.05) is 30.3 Å². The Morgan fingerprint density at radius 1 is 1.45 bits per heavy atom. The normalized spacial score (nSPS) is 19.1. The Labute approximate surface area is 122 Å². The molecule has 0 spiro atoms. The number of thioether (sulfide) groups is 1. The van der Waals surface area contributed by atoms with Crippen LogP contribution in [0.15, 0.2) is 18.3 Å². The molecule has 20 heavy (non-hydrogen) atoms. The maximum Gasteiger partial charge on any atom is 0.354 e. The van der Waals surface area contributed by atoms with Gasteiger partial charge in [-0.1, -0.05) is 13.8 Å². The molecule has 2 heterocycles. The van der Waals surface area contributed by atoms with Crippen LogP contribution in [0.1, 0.15) is 34.7 Å². The molecule has 0 saturated carbocycles. The Kier molecular flexibility index (Phi) is 4.65. The van der Waals surface area contributed by atoms with E-state index in [-0.39, 0.29) is 11.6 Å². The van der Waals surface area contributed by atoms with Crippen molar-refractivity contribution in [1.29, 1.82) is 0 Å². The van der Waals surface area contributed by atoms with E-state index in [1.807, 2.05) is 16.7 Å². The highest BCUT2D eigenvalue weighted by molar-refractivity contribution is 8.00. The lowest BCUT2D eigenvalue weighted by Gasteiger charge is -2.34. The number of carboxylic acid groups (broad SMARTS) is 1. The smallest absolute Gasteiger partial charge is 0.354 e. The van der Waals surface area contributed by atoms with Crippen molar-refractivity contribution in [3.8, 4) is 0 Å². The van der Waals surface area contributed by atoms with Gasteiger partial charge in [-0.15, -0.1) is 0 Å². The second-order valence-electron chi connectivity index (χ2n) is 5.14. The minimum atomic E-state index is -1.08. The summed E-state index contributed by atoms with van der Waals surface area (Å²) in [4.78, 5) is 28.7. The molecule has 1 aromatic heterocycles. The van der Waals surface area contributed by atoms with Gasteiger partial charge in [0.15, 0.2) is 0 Å². The predicted octanol–water partition coefficient (Wildman–Crippen LogP) is 1.99. The number of hydrogen-bond donors (Lipinski definition) is 1. The number of aromatic carboxylic acids is 1. The second-order valence-corrected chi connectivity index (χ2v) is 6.49. The van der Waals surface area contributed by atoms with Gasteiger partial charge in [-0.05, 0) is 18.1 Å². The summed E-state index contributed by atoms with van der Waals surface area (Å²) in [5.41, 5.74) is 0.403. The van der Waals surface area contributed by atoms with Crippen molar-refractivity contribution in [2.45, 2.75) is 19.1 Å². The molecule has 1 N–H and O–H groups in total. The largest absolute Gasteiger partial charge is 0.477 e. The number of nitrogens with zero attached hydrogens (tertiary/aromatic N) is 2. The summed E-state index contributed by atoms with van der Waals surface area (Å²) in [6.45, 7) is 5.79. The van der Waals surface area contributed by atoms with E-state index in [0.717, 1.165) is 18.8 Å². The zero-order valence-electron chi connectivity index (χ0n) is 11.6. The third-order valence-corrected chi connectivity index (χ3v) is 4.89. The van der Waals surface area contributed by atoms with Gasteiger partial charge in [-0.2, -0.15) is 11.8 Å². The van der Waals surface area contributed by atoms with Crippen molar-refractivity contribution in [3.63, 3.8) is 0 Å². The first kappa shape index (κ1) is 14.8. The van der Waals surface area contributed by atoms with Crippen LogP contribution in [0, 0.1) is 5.92 Å². The molecule has 5 nitrogen and oxygen atoms in total. The Bertz CT molecular complexity index is 502. The first-order chi connectivity index (χ1) is 9.49. The Morgan fingerprint density at radius 3 is 2.75 bits per heavy atom. The molecule has 0 aromatic carbocycles. The lowest BCUT2D eigenvalue weighted by Crippen LogP contribution is -2.43. The number of carboxylic acids is 1. The summed E-state index contributed by atoms with van der Waals surface area (Å²) in [5.74, 6) is 0.316. The van der Waals surface area contributed by atoms with Crippen molar-refractivity contribution < 1.29 is 14.7 Å². The average Bonchev–Trinajstić information content (AvgIpc) is 2.46. The fourth-order valence-electron chi connectivity index (χ4n) is 2.09. The summed E-state index contributed by atoms with van der Waals surface area (Å²) < 4.78 is 0. The first-order valence-corrected chi connectivity index (χ1v) is 7.64. The molecule has 1 saturated heterocycles. The van der Waals surface area contributed by atoms with E-state index in [2.05, 4.69) is 18.8 Å².